The van der Waals surface area contributed by atoms with Crippen LogP contribution in [0.15, 0.2) is 47.4 Å². The van der Waals surface area contributed by atoms with Crippen molar-refractivity contribution in [1.29, 1.82) is 5.26 Å². The topological polar surface area (TPSA) is 52.9 Å². The van der Waals surface area contributed by atoms with Gasteiger partial charge in [0.1, 0.15) is 0 Å². The molecule has 0 bridgehead atoms. The number of hydrogen-bond acceptors (Lipinski definition) is 4. The van der Waals surface area contributed by atoms with Crippen molar-refractivity contribution >= 4 is 35.1 Å². The number of carbonyl (C=O) groups excluding carboxylic acids is 1. The highest BCUT2D eigenvalue weighted by Crippen LogP contribution is 2.38. The maximum atomic E-state index is 13.4. The van der Waals surface area contributed by atoms with E-state index in [2.05, 4.69) is 5.32 Å². The Morgan fingerprint density at radius 2 is 1.90 bits per heavy atom. The fourth-order valence-electron chi connectivity index (χ4n) is 2.38. The number of benzene rings is 2. The van der Waals surface area contributed by atoms with Crippen LogP contribution >= 0.6 is 23.5 Å². The van der Waals surface area contributed by atoms with Gasteiger partial charge in [-0.05, 0) is 42.3 Å². The smallest absolute Gasteiger partial charge is 0.325 e. The van der Waals surface area contributed by atoms with Crippen LogP contribution in [0.5, 0.6) is 0 Å². The molecule has 154 valence electrons. The first-order valence-electron chi connectivity index (χ1n) is 8.97. The van der Waals surface area contributed by atoms with Gasteiger partial charge in [0.05, 0.1) is 28.6 Å². The average Bonchev–Trinajstić information content (AvgIpc) is 2.68. The molecule has 0 saturated heterocycles. The van der Waals surface area contributed by atoms with Crippen LogP contribution in [0.1, 0.15) is 37.0 Å². The third-order valence-electron chi connectivity index (χ3n) is 4.07. The lowest BCUT2D eigenvalue weighted by atomic mass is 10.1. The molecular weight excluding hydrogens is 417 g/mol. The third-order valence-corrected chi connectivity index (χ3v) is 6.33. The van der Waals surface area contributed by atoms with Gasteiger partial charge in [-0.15, -0.1) is 23.5 Å². The van der Waals surface area contributed by atoms with Crippen LogP contribution < -0.4 is 5.32 Å². The van der Waals surface area contributed by atoms with Crippen molar-refractivity contribution < 1.29 is 18.0 Å². The number of nitrogens with one attached hydrogen (secondary N) is 1. The van der Waals surface area contributed by atoms with Crippen LogP contribution in [0.3, 0.4) is 0 Å². The van der Waals surface area contributed by atoms with Gasteiger partial charge in [-0.3, -0.25) is 4.79 Å². The predicted octanol–water partition coefficient (Wildman–Crippen LogP) is 6.34. The highest BCUT2D eigenvalue weighted by atomic mass is 32.2. The third kappa shape index (κ3) is 7.33. The highest BCUT2D eigenvalue weighted by molar-refractivity contribution is 8.00. The van der Waals surface area contributed by atoms with E-state index in [-0.39, 0.29) is 16.7 Å². The van der Waals surface area contributed by atoms with Crippen molar-refractivity contribution in [2.75, 3.05) is 11.1 Å². The van der Waals surface area contributed by atoms with Crippen LogP contribution in [0.4, 0.5) is 18.9 Å². The molecule has 29 heavy (non-hydrogen) atoms. The molecule has 2 aromatic rings. The Hall–Kier alpha value is -2.11. The van der Waals surface area contributed by atoms with E-state index in [1.54, 1.807) is 30.3 Å². The molecule has 0 aliphatic rings. The number of carbonyl (C=O) groups is 1. The fourth-order valence-corrected chi connectivity index (χ4v) is 4.13. The van der Waals surface area contributed by atoms with Crippen molar-refractivity contribution in [3.05, 3.63) is 59.2 Å². The largest absolute Gasteiger partial charge is 0.418 e. The standard InChI is InChI=1S/C21H21F3N2OS2/c1-3-14(2)29-17-8-9-19(18(10-17)21(22,23)24)26-20(27)13-28-12-16-6-4-15(11-25)5-7-16/h4-10,14H,3,12-13H2,1-2H3,(H,26,27). The summed E-state index contributed by atoms with van der Waals surface area (Å²) < 4.78 is 40.3. The van der Waals surface area contributed by atoms with Crippen molar-refractivity contribution in [2.24, 2.45) is 0 Å². The van der Waals surface area contributed by atoms with Crippen molar-refractivity contribution in [3.8, 4) is 6.07 Å². The first-order valence-corrected chi connectivity index (χ1v) is 11.0. The second-order valence-corrected chi connectivity index (χ2v) is 8.89. The van der Waals surface area contributed by atoms with Gasteiger partial charge in [0.15, 0.2) is 0 Å². The van der Waals surface area contributed by atoms with Gasteiger partial charge >= 0.3 is 6.18 Å². The second kappa shape index (κ2) is 10.6. The van der Waals surface area contributed by atoms with Gasteiger partial charge in [-0.25, -0.2) is 0 Å². The minimum Gasteiger partial charge on any atom is -0.325 e. The Bertz CT molecular complexity index is 877. The summed E-state index contributed by atoms with van der Waals surface area (Å²) in [6.07, 6.45) is -3.70. The molecule has 1 N–H and O–H groups in total. The van der Waals surface area contributed by atoms with Crippen LogP contribution in [0.25, 0.3) is 0 Å². The minimum absolute atomic E-state index is 0.0284. The van der Waals surface area contributed by atoms with E-state index in [9.17, 15) is 18.0 Å². The molecule has 1 atom stereocenters. The lowest BCUT2D eigenvalue weighted by Gasteiger charge is -2.16. The summed E-state index contributed by atoms with van der Waals surface area (Å²) in [5.41, 5.74) is 0.418. The van der Waals surface area contributed by atoms with E-state index < -0.39 is 17.6 Å². The Balaban J connectivity index is 1.99. The summed E-state index contributed by atoms with van der Waals surface area (Å²) in [7, 11) is 0. The van der Waals surface area contributed by atoms with E-state index in [4.69, 9.17) is 5.26 Å². The molecule has 2 aromatic carbocycles. The molecule has 0 aliphatic carbocycles. The SMILES string of the molecule is CCC(C)Sc1ccc(NC(=O)CSCc2ccc(C#N)cc2)c(C(F)(F)F)c1. The molecule has 0 heterocycles. The van der Waals surface area contributed by atoms with E-state index in [0.29, 0.717) is 16.2 Å². The summed E-state index contributed by atoms with van der Waals surface area (Å²) in [4.78, 5) is 12.7. The lowest BCUT2D eigenvalue weighted by molar-refractivity contribution is -0.137. The maximum absolute atomic E-state index is 13.4. The maximum Gasteiger partial charge on any atom is 0.418 e. The Morgan fingerprint density at radius 3 is 2.48 bits per heavy atom. The lowest BCUT2D eigenvalue weighted by Crippen LogP contribution is -2.18. The first-order chi connectivity index (χ1) is 13.7. The number of amides is 1. The zero-order valence-electron chi connectivity index (χ0n) is 16.0. The number of anilines is 1. The number of thioether (sulfide) groups is 2. The Kier molecular flexibility index (Phi) is 8.47. The molecule has 0 fully saturated rings. The first kappa shape index (κ1) is 23.2. The summed E-state index contributed by atoms with van der Waals surface area (Å²) >= 11 is 2.67. The number of hydrogen-bond donors (Lipinski definition) is 1. The molecule has 0 radical (unpaired) electrons. The monoisotopic (exact) mass is 438 g/mol. The Morgan fingerprint density at radius 1 is 1.21 bits per heavy atom. The summed E-state index contributed by atoms with van der Waals surface area (Å²) in [5, 5.41) is 11.4. The molecule has 0 aliphatic heterocycles. The van der Waals surface area contributed by atoms with Crippen LogP contribution in [0.2, 0.25) is 0 Å². The minimum atomic E-state index is -4.55. The molecule has 1 unspecified atom stereocenters. The van der Waals surface area contributed by atoms with Crippen LogP contribution in [0, 0.1) is 11.3 Å². The van der Waals surface area contributed by atoms with Crippen molar-refractivity contribution in [3.63, 3.8) is 0 Å². The van der Waals surface area contributed by atoms with Gasteiger partial charge in [0.25, 0.3) is 0 Å². The zero-order chi connectivity index (χ0) is 21.4. The van der Waals surface area contributed by atoms with Gasteiger partial charge in [0.2, 0.25) is 5.91 Å². The summed E-state index contributed by atoms with van der Waals surface area (Å²) in [6, 6.07) is 13.0. The Labute approximate surface area is 177 Å². The predicted molar refractivity (Wildman–Crippen MR) is 113 cm³/mol. The van der Waals surface area contributed by atoms with Crippen molar-refractivity contribution in [1.82, 2.24) is 0 Å². The number of rotatable bonds is 8. The second-order valence-electron chi connectivity index (χ2n) is 6.39. The molecule has 0 aromatic heterocycles. The van der Waals surface area contributed by atoms with Crippen molar-refractivity contribution in [2.45, 2.75) is 42.3 Å². The summed E-state index contributed by atoms with van der Waals surface area (Å²) in [5.74, 6) is 0.0626. The normalized spacial score (nSPS) is 12.3. The summed E-state index contributed by atoms with van der Waals surface area (Å²) in [6.45, 7) is 3.94. The number of nitrogens with zero attached hydrogens (tertiary/aromatic N) is 1. The number of alkyl halides is 3. The van der Waals surface area contributed by atoms with Gasteiger partial charge < -0.3 is 5.32 Å². The van der Waals surface area contributed by atoms with Gasteiger partial charge in [-0.1, -0.05) is 26.0 Å². The van der Waals surface area contributed by atoms with E-state index in [0.717, 1.165) is 18.1 Å². The van der Waals surface area contributed by atoms with Crippen LogP contribution in [-0.2, 0) is 16.7 Å². The van der Waals surface area contributed by atoms with Crippen LogP contribution in [-0.4, -0.2) is 16.9 Å². The average molecular weight is 439 g/mol. The molecule has 3 nitrogen and oxygen atoms in total. The molecule has 2 rings (SSSR count). The molecule has 8 heteroatoms. The van der Waals surface area contributed by atoms with E-state index in [1.807, 2.05) is 19.9 Å². The molecule has 1 amide bonds. The van der Waals surface area contributed by atoms with E-state index in [1.165, 1.54) is 29.6 Å². The fraction of sp³-hybridized carbons (Fsp3) is 0.333. The zero-order valence-corrected chi connectivity index (χ0v) is 17.7. The molecule has 0 saturated carbocycles. The number of nitriles is 1. The number of halogens is 3. The molecular formula is C21H21F3N2OS2. The van der Waals surface area contributed by atoms with Gasteiger partial charge in [-0.2, -0.15) is 18.4 Å². The highest BCUT2D eigenvalue weighted by Gasteiger charge is 2.34. The quantitative estimate of drug-likeness (QED) is 0.489. The van der Waals surface area contributed by atoms with Gasteiger partial charge in [0, 0.05) is 15.9 Å². The molecule has 0 spiro atoms. The van der Waals surface area contributed by atoms with E-state index >= 15 is 0 Å².